The smallest absolute Gasteiger partial charge is 0.356 e. The van der Waals surface area contributed by atoms with Crippen molar-refractivity contribution in [2.45, 2.75) is 32.5 Å². The highest BCUT2D eigenvalue weighted by molar-refractivity contribution is 6.30. The quantitative estimate of drug-likeness (QED) is 0.557. The molecule has 1 heterocycles. The molecule has 0 radical (unpaired) electrons. The van der Waals surface area contributed by atoms with Gasteiger partial charge < -0.3 is 9.88 Å². The van der Waals surface area contributed by atoms with E-state index in [1.807, 2.05) is 0 Å². The third-order valence-electron chi connectivity index (χ3n) is 3.98. The van der Waals surface area contributed by atoms with E-state index in [9.17, 15) is 27.6 Å². The van der Waals surface area contributed by atoms with Crippen molar-refractivity contribution in [1.29, 1.82) is 0 Å². The zero-order chi connectivity index (χ0) is 20.9. The number of rotatable bonds is 7. The molecule has 0 saturated heterocycles. The van der Waals surface area contributed by atoms with Crippen LogP contribution < -0.4 is 10.9 Å². The zero-order valence-corrected chi connectivity index (χ0v) is 15.7. The van der Waals surface area contributed by atoms with Gasteiger partial charge in [0.15, 0.2) is 5.78 Å². The minimum absolute atomic E-state index is 0.106. The first-order valence-corrected chi connectivity index (χ1v) is 8.79. The molecule has 0 saturated carbocycles. The Bertz CT molecular complexity index is 922. The van der Waals surface area contributed by atoms with Gasteiger partial charge in [0.2, 0.25) is 5.91 Å². The highest BCUT2D eigenvalue weighted by atomic mass is 35.5. The molecule has 2 aromatic rings. The van der Waals surface area contributed by atoms with Crippen LogP contribution in [-0.4, -0.2) is 22.8 Å². The lowest BCUT2D eigenvalue weighted by atomic mass is 10.0. The van der Waals surface area contributed by atoms with E-state index in [1.54, 1.807) is 24.3 Å². The molecule has 0 aliphatic carbocycles. The lowest BCUT2D eigenvalue weighted by Gasteiger charge is -2.11. The summed E-state index contributed by atoms with van der Waals surface area (Å²) in [6.45, 7) is 1.42. The summed E-state index contributed by atoms with van der Waals surface area (Å²) in [5.74, 6) is -0.617. The van der Waals surface area contributed by atoms with E-state index in [-0.39, 0.29) is 11.5 Å². The normalized spacial score (nSPS) is 11.3. The number of aromatic nitrogens is 1. The number of carbonyl (C=O) groups is 2. The van der Waals surface area contributed by atoms with E-state index in [0.29, 0.717) is 29.8 Å². The fourth-order valence-corrected chi connectivity index (χ4v) is 2.76. The molecule has 0 aliphatic rings. The van der Waals surface area contributed by atoms with Crippen LogP contribution in [0, 0.1) is 0 Å². The van der Waals surface area contributed by atoms with Crippen LogP contribution in [0.3, 0.4) is 0 Å². The van der Waals surface area contributed by atoms with Crippen LogP contribution in [0.25, 0.3) is 0 Å². The van der Waals surface area contributed by atoms with Crippen LogP contribution in [0.2, 0.25) is 5.02 Å². The summed E-state index contributed by atoms with van der Waals surface area (Å²) in [5, 5.41) is 2.08. The Labute approximate surface area is 164 Å². The minimum Gasteiger partial charge on any atom is -0.356 e. The molecule has 0 fully saturated rings. The summed E-state index contributed by atoms with van der Waals surface area (Å²) in [5.41, 5.74) is -0.746. The number of aryl methyl sites for hydroxylation is 1. The highest BCUT2D eigenvalue weighted by Gasteiger charge is 2.32. The van der Waals surface area contributed by atoms with Crippen LogP contribution in [-0.2, 0) is 23.9 Å². The third-order valence-corrected chi connectivity index (χ3v) is 4.25. The molecule has 2 rings (SSSR count). The topological polar surface area (TPSA) is 68.2 Å². The second-order valence-corrected chi connectivity index (χ2v) is 6.62. The van der Waals surface area contributed by atoms with Gasteiger partial charge in [-0.05, 0) is 24.5 Å². The van der Waals surface area contributed by atoms with Crippen LogP contribution in [0.15, 0.2) is 41.3 Å². The van der Waals surface area contributed by atoms with Gasteiger partial charge in [0.25, 0.3) is 5.56 Å². The van der Waals surface area contributed by atoms with Crippen molar-refractivity contribution in [3.63, 3.8) is 0 Å². The number of benzene rings is 1. The first-order chi connectivity index (χ1) is 13.1. The van der Waals surface area contributed by atoms with Crippen LogP contribution in [0.4, 0.5) is 13.2 Å². The number of carbonyl (C=O) groups excluding carboxylic acids is 2. The number of ketones is 1. The molecule has 28 heavy (non-hydrogen) atoms. The van der Waals surface area contributed by atoms with Gasteiger partial charge in [0, 0.05) is 25.2 Å². The molecule has 9 heteroatoms. The van der Waals surface area contributed by atoms with Gasteiger partial charge in [-0.25, -0.2) is 0 Å². The van der Waals surface area contributed by atoms with E-state index in [2.05, 4.69) is 5.32 Å². The summed E-state index contributed by atoms with van der Waals surface area (Å²) in [6.07, 6.45) is -2.67. The Hall–Kier alpha value is -2.61. The molecule has 1 aromatic heterocycles. The Morgan fingerprint density at radius 1 is 1.18 bits per heavy atom. The molecule has 1 aromatic carbocycles. The van der Waals surface area contributed by atoms with Gasteiger partial charge >= 0.3 is 6.18 Å². The fourth-order valence-electron chi connectivity index (χ4n) is 2.53. The van der Waals surface area contributed by atoms with E-state index in [1.165, 1.54) is 6.92 Å². The van der Waals surface area contributed by atoms with Crippen molar-refractivity contribution < 1.29 is 22.8 Å². The SMILES string of the molecule is CC(=O)NCCCc1ccc(C(=O)Cn2cc(C(F)(F)F)cc(Cl)c2=O)cc1. The molecule has 0 atom stereocenters. The van der Waals surface area contributed by atoms with Gasteiger partial charge in [0.1, 0.15) is 5.02 Å². The summed E-state index contributed by atoms with van der Waals surface area (Å²) >= 11 is 5.58. The number of Topliss-reactive ketones (excluding diaryl/α,β-unsaturated/α-hetero) is 1. The molecule has 1 amide bonds. The molecule has 0 aliphatic heterocycles. The maximum Gasteiger partial charge on any atom is 0.417 e. The molecule has 150 valence electrons. The monoisotopic (exact) mass is 414 g/mol. The minimum atomic E-state index is -4.68. The molecular formula is C19H18ClF3N2O3. The molecule has 1 N–H and O–H groups in total. The predicted molar refractivity (Wildman–Crippen MR) is 98.5 cm³/mol. The Balaban J connectivity index is 2.08. The molecule has 0 unspecified atom stereocenters. The lowest BCUT2D eigenvalue weighted by molar-refractivity contribution is -0.138. The average molecular weight is 415 g/mol. The van der Waals surface area contributed by atoms with Gasteiger partial charge in [-0.2, -0.15) is 13.2 Å². The number of hydrogen-bond acceptors (Lipinski definition) is 3. The van der Waals surface area contributed by atoms with E-state index >= 15 is 0 Å². The largest absolute Gasteiger partial charge is 0.417 e. The van der Waals surface area contributed by atoms with Crippen LogP contribution >= 0.6 is 11.6 Å². The van der Waals surface area contributed by atoms with Crippen LogP contribution in [0.1, 0.15) is 34.8 Å². The molecule has 0 bridgehead atoms. The van der Waals surface area contributed by atoms with E-state index in [0.717, 1.165) is 12.0 Å². The van der Waals surface area contributed by atoms with Crippen LogP contribution in [0.5, 0.6) is 0 Å². The maximum absolute atomic E-state index is 12.9. The number of nitrogens with zero attached hydrogens (tertiary/aromatic N) is 1. The number of amides is 1. The summed E-state index contributed by atoms with van der Waals surface area (Å²) < 4.78 is 39.3. The average Bonchev–Trinajstić information content (AvgIpc) is 2.61. The van der Waals surface area contributed by atoms with Crippen molar-refractivity contribution in [1.82, 2.24) is 9.88 Å². The van der Waals surface area contributed by atoms with Crippen molar-refractivity contribution in [3.05, 3.63) is 68.6 Å². The van der Waals surface area contributed by atoms with Gasteiger partial charge in [-0.3, -0.25) is 14.4 Å². The van der Waals surface area contributed by atoms with E-state index in [4.69, 9.17) is 11.6 Å². The van der Waals surface area contributed by atoms with Gasteiger partial charge in [-0.1, -0.05) is 35.9 Å². The Morgan fingerprint density at radius 2 is 1.82 bits per heavy atom. The van der Waals surface area contributed by atoms with E-state index < -0.39 is 34.6 Å². The number of halogens is 4. The number of alkyl halides is 3. The Kier molecular flexibility index (Phi) is 7.01. The second kappa shape index (κ2) is 9.05. The number of pyridine rings is 1. The van der Waals surface area contributed by atoms with Crippen molar-refractivity contribution in [2.75, 3.05) is 6.54 Å². The van der Waals surface area contributed by atoms with Gasteiger partial charge in [0.05, 0.1) is 12.1 Å². The summed E-state index contributed by atoms with van der Waals surface area (Å²) in [6, 6.07) is 7.10. The van der Waals surface area contributed by atoms with Crippen molar-refractivity contribution >= 4 is 23.3 Å². The van der Waals surface area contributed by atoms with Crippen molar-refractivity contribution in [2.24, 2.45) is 0 Å². The summed E-state index contributed by atoms with van der Waals surface area (Å²) in [4.78, 5) is 35.1. The number of hydrogen-bond donors (Lipinski definition) is 1. The number of nitrogens with one attached hydrogen (secondary N) is 1. The second-order valence-electron chi connectivity index (χ2n) is 6.21. The molecule has 5 nitrogen and oxygen atoms in total. The lowest BCUT2D eigenvalue weighted by Crippen LogP contribution is -2.26. The highest BCUT2D eigenvalue weighted by Crippen LogP contribution is 2.29. The first kappa shape index (κ1) is 21.7. The first-order valence-electron chi connectivity index (χ1n) is 8.41. The molecular weight excluding hydrogens is 397 g/mol. The van der Waals surface area contributed by atoms with Gasteiger partial charge in [-0.15, -0.1) is 0 Å². The van der Waals surface area contributed by atoms with Crippen molar-refractivity contribution in [3.8, 4) is 0 Å². The zero-order valence-electron chi connectivity index (χ0n) is 15.0. The predicted octanol–water partition coefficient (Wildman–Crippen LogP) is 3.47. The molecule has 0 spiro atoms. The standard InChI is InChI=1S/C19H18ClF3N2O3/c1-12(26)24-8-2-3-13-4-6-14(7-5-13)17(27)11-25-10-15(19(21,22)23)9-16(20)18(25)28/h4-7,9-10H,2-3,8,11H2,1H3,(H,24,26). The third kappa shape index (κ3) is 5.95. The fraction of sp³-hybridized carbons (Fsp3) is 0.316. The maximum atomic E-state index is 12.9. The summed E-state index contributed by atoms with van der Waals surface area (Å²) in [7, 11) is 0. The Morgan fingerprint density at radius 3 is 2.39 bits per heavy atom.